The van der Waals surface area contributed by atoms with Gasteiger partial charge in [0.15, 0.2) is 11.5 Å². The van der Waals surface area contributed by atoms with Crippen molar-refractivity contribution >= 4 is 5.91 Å². The Morgan fingerprint density at radius 3 is 3.00 bits per heavy atom. The van der Waals surface area contributed by atoms with Gasteiger partial charge < -0.3 is 25.3 Å². The molecule has 0 spiro atoms. The zero-order chi connectivity index (χ0) is 14.2. The summed E-state index contributed by atoms with van der Waals surface area (Å²) >= 11 is 0. The van der Waals surface area contributed by atoms with Crippen LogP contribution in [0.4, 0.5) is 0 Å². The number of nitrogens with one attached hydrogen (secondary N) is 1. The molecule has 1 aromatic rings. The fraction of sp³-hybridized carbons (Fsp3) is 0.500. The van der Waals surface area contributed by atoms with Crippen LogP contribution in [0.25, 0.3) is 0 Å². The minimum absolute atomic E-state index is 0.161. The number of hydrogen-bond acceptors (Lipinski definition) is 5. The predicted octanol–water partition coefficient (Wildman–Crippen LogP) is 0.553. The van der Waals surface area contributed by atoms with Gasteiger partial charge in [0.05, 0.1) is 12.2 Å². The largest absolute Gasteiger partial charge is 0.486 e. The first-order valence-electron chi connectivity index (χ1n) is 6.77. The topological polar surface area (TPSA) is 82.8 Å². The number of rotatable bonds is 7. The highest BCUT2D eigenvalue weighted by molar-refractivity contribution is 5.97. The van der Waals surface area contributed by atoms with Crippen molar-refractivity contribution in [1.82, 2.24) is 5.32 Å². The lowest BCUT2D eigenvalue weighted by Gasteiger charge is -2.20. The van der Waals surface area contributed by atoms with Crippen molar-refractivity contribution in [2.24, 2.45) is 5.73 Å². The van der Waals surface area contributed by atoms with Crippen molar-refractivity contribution in [2.75, 3.05) is 39.5 Å². The van der Waals surface area contributed by atoms with Crippen LogP contribution in [0.5, 0.6) is 11.5 Å². The van der Waals surface area contributed by atoms with Crippen molar-refractivity contribution in [3.63, 3.8) is 0 Å². The van der Waals surface area contributed by atoms with E-state index in [0.29, 0.717) is 56.6 Å². The summed E-state index contributed by atoms with van der Waals surface area (Å²) < 4.78 is 16.2. The lowest BCUT2D eigenvalue weighted by molar-refractivity contribution is 0.0932. The number of hydrogen-bond donors (Lipinski definition) is 2. The van der Waals surface area contributed by atoms with Crippen LogP contribution in [0, 0.1) is 0 Å². The Morgan fingerprint density at radius 1 is 1.30 bits per heavy atom. The van der Waals surface area contributed by atoms with E-state index in [0.717, 1.165) is 6.42 Å². The molecule has 0 saturated heterocycles. The number of ether oxygens (including phenoxy) is 3. The number of nitrogens with two attached hydrogens (primary N) is 1. The Kier molecular flexibility index (Phi) is 5.64. The second kappa shape index (κ2) is 7.72. The summed E-state index contributed by atoms with van der Waals surface area (Å²) in [6.45, 7) is 3.17. The van der Waals surface area contributed by atoms with E-state index in [-0.39, 0.29) is 5.91 Å². The molecule has 0 atom stereocenters. The maximum atomic E-state index is 12.1. The van der Waals surface area contributed by atoms with Crippen LogP contribution in [0.3, 0.4) is 0 Å². The molecule has 0 aromatic heterocycles. The first-order chi connectivity index (χ1) is 9.83. The van der Waals surface area contributed by atoms with Crippen LogP contribution in [0.2, 0.25) is 0 Å². The lowest BCUT2D eigenvalue weighted by Crippen LogP contribution is -2.27. The smallest absolute Gasteiger partial charge is 0.255 e. The molecule has 1 aliphatic heterocycles. The van der Waals surface area contributed by atoms with E-state index in [9.17, 15) is 4.79 Å². The molecule has 2 rings (SSSR count). The van der Waals surface area contributed by atoms with Crippen LogP contribution in [-0.2, 0) is 4.74 Å². The fourth-order valence-corrected chi connectivity index (χ4v) is 1.91. The van der Waals surface area contributed by atoms with Crippen molar-refractivity contribution < 1.29 is 19.0 Å². The number of benzene rings is 1. The highest BCUT2D eigenvalue weighted by atomic mass is 16.6. The number of carbonyl (C=O) groups is 1. The third-order valence-corrected chi connectivity index (χ3v) is 2.82. The highest BCUT2D eigenvalue weighted by Gasteiger charge is 2.19. The van der Waals surface area contributed by atoms with Gasteiger partial charge in [0, 0.05) is 19.7 Å². The van der Waals surface area contributed by atoms with E-state index < -0.39 is 0 Å². The summed E-state index contributed by atoms with van der Waals surface area (Å²) in [6.07, 6.45) is 0.748. The van der Waals surface area contributed by atoms with E-state index in [2.05, 4.69) is 5.32 Å². The molecule has 0 saturated carbocycles. The maximum absolute atomic E-state index is 12.1. The van der Waals surface area contributed by atoms with E-state index in [1.807, 2.05) is 0 Å². The second-order valence-corrected chi connectivity index (χ2v) is 4.34. The molecule has 0 fully saturated rings. The molecule has 1 aromatic carbocycles. The Labute approximate surface area is 118 Å². The molecular formula is C14H20N2O4. The molecule has 20 heavy (non-hydrogen) atoms. The molecule has 1 amide bonds. The number of para-hydroxylation sites is 1. The molecule has 1 heterocycles. The zero-order valence-corrected chi connectivity index (χ0v) is 11.4. The van der Waals surface area contributed by atoms with Crippen LogP contribution in [-0.4, -0.2) is 45.4 Å². The van der Waals surface area contributed by atoms with Gasteiger partial charge in [-0.15, -0.1) is 0 Å². The highest BCUT2D eigenvalue weighted by Crippen LogP contribution is 2.33. The van der Waals surface area contributed by atoms with Gasteiger partial charge in [0.1, 0.15) is 13.2 Å². The Bertz CT molecular complexity index is 451. The Balaban J connectivity index is 1.83. The standard InChI is InChI=1S/C14H20N2O4/c15-5-8-18-7-2-6-16-14(17)11-3-1-4-12-13(11)20-10-9-19-12/h1,3-4H,2,5-10,15H2,(H,16,17). The minimum Gasteiger partial charge on any atom is -0.486 e. The molecule has 6 nitrogen and oxygen atoms in total. The Hall–Kier alpha value is -1.79. The SMILES string of the molecule is NCCOCCCNC(=O)c1cccc2c1OCCO2. The lowest BCUT2D eigenvalue weighted by atomic mass is 10.1. The fourth-order valence-electron chi connectivity index (χ4n) is 1.91. The van der Waals surface area contributed by atoms with Crippen molar-refractivity contribution in [3.05, 3.63) is 23.8 Å². The number of amides is 1. The third kappa shape index (κ3) is 3.85. The van der Waals surface area contributed by atoms with Crippen LogP contribution >= 0.6 is 0 Å². The summed E-state index contributed by atoms with van der Waals surface area (Å²) in [5.74, 6) is 0.983. The Morgan fingerprint density at radius 2 is 2.15 bits per heavy atom. The summed E-state index contributed by atoms with van der Waals surface area (Å²) in [6, 6.07) is 5.31. The average molecular weight is 280 g/mol. The number of fused-ring (bicyclic) bond motifs is 1. The quantitative estimate of drug-likeness (QED) is 0.713. The number of carbonyl (C=O) groups excluding carboxylic acids is 1. The minimum atomic E-state index is -0.161. The average Bonchev–Trinajstić information content (AvgIpc) is 2.50. The van der Waals surface area contributed by atoms with Crippen LogP contribution in [0.1, 0.15) is 16.8 Å². The van der Waals surface area contributed by atoms with Crippen molar-refractivity contribution in [3.8, 4) is 11.5 Å². The molecule has 6 heteroatoms. The predicted molar refractivity (Wildman–Crippen MR) is 74.3 cm³/mol. The normalized spacial score (nSPS) is 13.1. The maximum Gasteiger partial charge on any atom is 0.255 e. The van der Waals surface area contributed by atoms with Gasteiger partial charge in [-0.3, -0.25) is 4.79 Å². The van der Waals surface area contributed by atoms with Crippen LogP contribution in [0.15, 0.2) is 18.2 Å². The van der Waals surface area contributed by atoms with Gasteiger partial charge in [-0.05, 0) is 18.6 Å². The molecular weight excluding hydrogens is 260 g/mol. The molecule has 110 valence electrons. The van der Waals surface area contributed by atoms with Crippen molar-refractivity contribution in [2.45, 2.75) is 6.42 Å². The van der Waals surface area contributed by atoms with Gasteiger partial charge in [0.2, 0.25) is 0 Å². The molecule has 0 bridgehead atoms. The second-order valence-electron chi connectivity index (χ2n) is 4.34. The first-order valence-corrected chi connectivity index (χ1v) is 6.77. The molecule has 0 radical (unpaired) electrons. The van der Waals surface area contributed by atoms with E-state index in [4.69, 9.17) is 19.9 Å². The zero-order valence-electron chi connectivity index (χ0n) is 11.4. The van der Waals surface area contributed by atoms with Gasteiger partial charge in [-0.2, -0.15) is 0 Å². The van der Waals surface area contributed by atoms with Gasteiger partial charge in [-0.25, -0.2) is 0 Å². The molecule has 3 N–H and O–H groups in total. The summed E-state index contributed by atoms with van der Waals surface area (Å²) in [5, 5.41) is 2.84. The van der Waals surface area contributed by atoms with Gasteiger partial charge >= 0.3 is 0 Å². The van der Waals surface area contributed by atoms with E-state index in [1.54, 1.807) is 18.2 Å². The van der Waals surface area contributed by atoms with E-state index in [1.165, 1.54) is 0 Å². The monoisotopic (exact) mass is 280 g/mol. The van der Waals surface area contributed by atoms with Gasteiger partial charge in [0.25, 0.3) is 5.91 Å². The van der Waals surface area contributed by atoms with Crippen LogP contribution < -0.4 is 20.5 Å². The summed E-state index contributed by atoms with van der Waals surface area (Å²) in [4.78, 5) is 12.1. The van der Waals surface area contributed by atoms with E-state index >= 15 is 0 Å². The molecule has 0 unspecified atom stereocenters. The third-order valence-electron chi connectivity index (χ3n) is 2.82. The molecule has 0 aliphatic carbocycles. The summed E-state index contributed by atoms with van der Waals surface area (Å²) in [7, 11) is 0. The van der Waals surface area contributed by atoms with Crippen molar-refractivity contribution in [1.29, 1.82) is 0 Å². The summed E-state index contributed by atoms with van der Waals surface area (Å²) in [5.41, 5.74) is 5.82. The molecule has 1 aliphatic rings. The van der Waals surface area contributed by atoms with Gasteiger partial charge in [-0.1, -0.05) is 6.07 Å². The first kappa shape index (κ1) is 14.6.